The lowest BCUT2D eigenvalue weighted by Gasteiger charge is -2.37. The van der Waals surface area contributed by atoms with Crippen molar-refractivity contribution in [3.8, 4) is 0 Å². The summed E-state index contributed by atoms with van der Waals surface area (Å²) in [7, 11) is -1.51. The molecule has 0 radical (unpaired) electrons. The summed E-state index contributed by atoms with van der Waals surface area (Å²) < 4.78 is 0. The van der Waals surface area contributed by atoms with Gasteiger partial charge in [-0.25, -0.2) is 0 Å². The zero-order valence-electron chi connectivity index (χ0n) is 12.9. The van der Waals surface area contributed by atoms with Crippen LogP contribution in [0.2, 0.25) is 13.1 Å². The Morgan fingerprint density at radius 1 is 0.810 bits per heavy atom. The molecule has 2 atom stereocenters. The Kier molecular flexibility index (Phi) is 2.97. The number of rotatable bonds is 2. The maximum absolute atomic E-state index is 2.60. The second-order valence-corrected chi connectivity index (χ2v) is 13.6. The molecule has 0 saturated heterocycles. The minimum Gasteiger partial charge on any atom is -0.148 e. The van der Waals surface area contributed by atoms with Gasteiger partial charge in [-0.3, -0.25) is 0 Å². The van der Waals surface area contributed by atoms with E-state index in [1.54, 1.807) is 20.9 Å². The molecule has 2 aromatic heterocycles. The molecular weight excluding hydrogens is 308 g/mol. The van der Waals surface area contributed by atoms with E-state index in [9.17, 15) is 0 Å². The summed E-state index contributed by atoms with van der Waals surface area (Å²) in [4.78, 5) is 3.25. The summed E-state index contributed by atoms with van der Waals surface area (Å²) in [6.07, 6.45) is 4.85. The van der Waals surface area contributed by atoms with Crippen molar-refractivity contribution in [2.75, 3.05) is 0 Å². The Bertz CT molecular complexity index is 708. The van der Waals surface area contributed by atoms with Gasteiger partial charge in [0.1, 0.15) is 0 Å². The first-order chi connectivity index (χ1) is 10.00. The van der Waals surface area contributed by atoms with E-state index in [1.807, 2.05) is 22.7 Å². The van der Waals surface area contributed by atoms with Gasteiger partial charge in [0, 0.05) is 20.8 Å². The van der Waals surface area contributed by atoms with Crippen molar-refractivity contribution >= 4 is 42.9 Å². The predicted molar refractivity (Wildman–Crippen MR) is 98.9 cm³/mol. The van der Waals surface area contributed by atoms with Crippen LogP contribution in [0.5, 0.6) is 0 Å². The van der Waals surface area contributed by atoms with Gasteiger partial charge in [0.25, 0.3) is 0 Å². The molecule has 0 fully saturated rings. The van der Waals surface area contributed by atoms with Crippen molar-refractivity contribution in [1.82, 2.24) is 0 Å². The summed E-state index contributed by atoms with van der Waals surface area (Å²) in [6.45, 7) is 9.88. The van der Waals surface area contributed by atoms with E-state index in [0.717, 1.165) is 0 Å². The molecule has 2 aromatic rings. The lowest BCUT2D eigenvalue weighted by Crippen LogP contribution is -2.41. The Labute approximate surface area is 135 Å². The highest BCUT2D eigenvalue weighted by molar-refractivity contribution is 7.12. The minimum absolute atomic E-state index is 0.689. The van der Waals surface area contributed by atoms with E-state index in [2.05, 4.69) is 62.0 Å². The Hall–Kier alpha value is -0.903. The molecule has 0 N–H and O–H groups in total. The van der Waals surface area contributed by atoms with Crippen LogP contribution in [0.15, 0.2) is 34.0 Å². The predicted octanol–water partition coefficient (Wildman–Crippen LogP) is 6.30. The van der Waals surface area contributed by atoms with Gasteiger partial charge < -0.3 is 0 Å². The van der Waals surface area contributed by atoms with Crippen LogP contribution in [-0.4, -0.2) is 8.07 Å². The molecular formula is C18H20S2Si. The van der Waals surface area contributed by atoms with Crippen LogP contribution in [0.25, 0.3) is 12.2 Å². The van der Waals surface area contributed by atoms with Crippen LogP contribution in [-0.2, 0) is 0 Å². The average molecular weight is 329 g/mol. The molecule has 0 amide bonds. The van der Waals surface area contributed by atoms with Crippen molar-refractivity contribution < 1.29 is 0 Å². The molecule has 3 heteroatoms. The third kappa shape index (κ3) is 1.84. The second-order valence-electron chi connectivity index (χ2n) is 6.94. The molecule has 2 aliphatic carbocycles. The van der Waals surface area contributed by atoms with Crippen LogP contribution in [0.4, 0.5) is 0 Å². The fourth-order valence-electron chi connectivity index (χ4n) is 4.46. The normalized spacial score (nSPS) is 23.8. The van der Waals surface area contributed by atoms with E-state index in [4.69, 9.17) is 0 Å². The summed E-state index contributed by atoms with van der Waals surface area (Å²) >= 11 is 3.92. The monoisotopic (exact) mass is 328 g/mol. The van der Waals surface area contributed by atoms with Gasteiger partial charge >= 0.3 is 0 Å². The van der Waals surface area contributed by atoms with E-state index < -0.39 is 8.07 Å². The van der Waals surface area contributed by atoms with Crippen molar-refractivity contribution in [1.29, 1.82) is 0 Å². The Morgan fingerprint density at radius 3 is 1.67 bits per heavy atom. The lowest BCUT2D eigenvalue weighted by atomic mass is 10.2. The van der Waals surface area contributed by atoms with Crippen molar-refractivity contribution in [3.05, 3.63) is 54.9 Å². The van der Waals surface area contributed by atoms with Crippen LogP contribution in [0.1, 0.15) is 45.8 Å². The first-order valence-electron chi connectivity index (χ1n) is 7.51. The largest absolute Gasteiger partial charge is 0.148 e. The molecule has 2 unspecified atom stereocenters. The number of hydrogen-bond donors (Lipinski definition) is 0. The number of hydrogen-bond acceptors (Lipinski definition) is 2. The number of allylic oxidation sites excluding steroid dienone is 2. The lowest BCUT2D eigenvalue weighted by molar-refractivity contribution is 0.994. The first kappa shape index (κ1) is 13.7. The molecule has 0 saturated carbocycles. The quantitative estimate of drug-likeness (QED) is 0.568. The minimum atomic E-state index is -1.51. The van der Waals surface area contributed by atoms with E-state index >= 15 is 0 Å². The van der Waals surface area contributed by atoms with Crippen LogP contribution < -0.4 is 0 Å². The molecule has 0 aliphatic heterocycles. The standard InChI is InChI=1S/C18H20S2Si/c1-11-9-13-5-7-19-15(13)17(11)21(3,4)18-12(2)10-14-6-8-20-16(14)18/h5-10,17-18H,1-4H3. The van der Waals surface area contributed by atoms with Gasteiger partial charge in [-0.15, -0.1) is 22.7 Å². The Balaban J connectivity index is 1.82. The SMILES string of the molecule is CC1=Cc2ccsc2C1[Si](C)(C)C1C(C)=Cc2ccsc21. The highest BCUT2D eigenvalue weighted by Crippen LogP contribution is 2.54. The molecule has 0 bridgehead atoms. The Morgan fingerprint density at radius 2 is 1.24 bits per heavy atom. The summed E-state index contributed by atoms with van der Waals surface area (Å²) in [6, 6.07) is 4.59. The van der Waals surface area contributed by atoms with E-state index in [-0.39, 0.29) is 0 Å². The van der Waals surface area contributed by atoms with Gasteiger partial charge in [0.05, 0.1) is 8.07 Å². The fourth-order valence-corrected chi connectivity index (χ4v) is 13.1. The topological polar surface area (TPSA) is 0 Å². The summed E-state index contributed by atoms with van der Waals surface area (Å²) in [5, 5.41) is 4.53. The zero-order chi connectivity index (χ0) is 14.8. The smallest absolute Gasteiger partial charge is 0.0743 e. The summed E-state index contributed by atoms with van der Waals surface area (Å²) in [5.41, 5.74) is 7.52. The molecule has 0 nitrogen and oxygen atoms in total. The highest BCUT2D eigenvalue weighted by atomic mass is 32.1. The third-order valence-corrected chi connectivity index (χ3v) is 12.0. The fraction of sp³-hybridized carbons (Fsp3) is 0.333. The molecule has 2 aliphatic rings. The van der Waals surface area contributed by atoms with Crippen molar-refractivity contribution in [3.63, 3.8) is 0 Å². The third-order valence-electron chi connectivity index (χ3n) is 5.14. The summed E-state index contributed by atoms with van der Waals surface area (Å²) in [5.74, 6) is 0. The molecule has 21 heavy (non-hydrogen) atoms. The maximum atomic E-state index is 2.60. The van der Waals surface area contributed by atoms with E-state index in [0.29, 0.717) is 11.1 Å². The maximum Gasteiger partial charge on any atom is 0.0743 e. The second kappa shape index (κ2) is 4.54. The molecule has 4 rings (SSSR count). The van der Waals surface area contributed by atoms with Gasteiger partial charge in [0.15, 0.2) is 0 Å². The van der Waals surface area contributed by atoms with Crippen LogP contribution >= 0.6 is 22.7 Å². The zero-order valence-corrected chi connectivity index (χ0v) is 15.6. The average Bonchev–Trinajstić information content (AvgIpc) is 3.07. The molecule has 0 spiro atoms. The first-order valence-corrected chi connectivity index (χ1v) is 12.4. The van der Waals surface area contributed by atoms with Gasteiger partial charge in [-0.05, 0) is 47.9 Å². The van der Waals surface area contributed by atoms with Crippen molar-refractivity contribution in [2.45, 2.75) is 38.0 Å². The van der Waals surface area contributed by atoms with Gasteiger partial charge in [0.2, 0.25) is 0 Å². The highest BCUT2D eigenvalue weighted by Gasteiger charge is 2.47. The van der Waals surface area contributed by atoms with Crippen LogP contribution in [0, 0.1) is 0 Å². The van der Waals surface area contributed by atoms with Gasteiger partial charge in [-0.1, -0.05) is 36.4 Å². The molecule has 2 heterocycles. The van der Waals surface area contributed by atoms with Crippen LogP contribution in [0.3, 0.4) is 0 Å². The van der Waals surface area contributed by atoms with E-state index in [1.165, 1.54) is 11.1 Å². The van der Waals surface area contributed by atoms with Crippen molar-refractivity contribution in [2.24, 2.45) is 0 Å². The molecule has 0 aromatic carbocycles. The number of thiophene rings is 2. The molecule has 108 valence electrons. The number of fused-ring (bicyclic) bond motifs is 2. The van der Waals surface area contributed by atoms with Gasteiger partial charge in [-0.2, -0.15) is 0 Å².